The van der Waals surface area contributed by atoms with Crippen molar-refractivity contribution in [1.82, 2.24) is 0 Å². The molecule has 0 saturated carbocycles. The summed E-state index contributed by atoms with van der Waals surface area (Å²) in [5, 5.41) is 0. The van der Waals surface area contributed by atoms with Gasteiger partial charge in [0.2, 0.25) is 0 Å². The van der Waals surface area contributed by atoms with Gasteiger partial charge in [-0.05, 0) is 122 Å². The fourth-order valence-corrected chi connectivity index (χ4v) is 9.82. The van der Waals surface area contributed by atoms with E-state index in [0.717, 1.165) is 116 Å². The molecule has 0 bridgehead atoms. The average Bonchev–Trinajstić information content (AvgIpc) is 3.70. The number of likely N-dealkylation sites (N-methyl/N-ethyl adjacent to an activating group) is 1. The van der Waals surface area contributed by atoms with Gasteiger partial charge in [-0.1, -0.05) is 282 Å². The molecule has 0 aromatic carbocycles. The molecule has 0 aliphatic rings. The standard InChI is InChI=1S/C76H128NO8P/c1-6-8-10-12-14-16-18-20-22-24-26-28-29-30-31-32-33-34-35-36-37-38-39-40-41-42-43-44-45-46-47-49-51-53-55-57-59-61-63-65-67-69-76(79)85-74(73-84-86(80,81)83-71-70-77(3,4)5)72-82-75(78)68-66-64-62-60-58-56-54-52-50-48-27-25-23-21-19-17-15-13-11-9-7-2/h8,10,14,16,20,22,25-28,30-31,33-34,36-37,39-40,42-43,45-46,49,51,74H,6-7,9,11-13,15,17-19,21,23-24,29,32,35,38,41,44,47-48,50,52-73H2,1-5H3/p+1/b10-8-,16-14-,22-20-,27-25-,28-26-,31-30-,34-33-,37-36-,40-39-,43-42-,46-45-,51-49-. The molecule has 10 heteroatoms. The van der Waals surface area contributed by atoms with Crippen LogP contribution in [0.3, 0.4) is 0 Å². The van der Waals surface area contributed by atoms with Crippen LogP contribution in [0.2, 0.25) is 0 Å². The quantitative estimate of drug-likeness (QED) is 0.0211. The van der Waals surface area contributed by atoms with E-state index in [0.29, 0.717) is 17.4 Å². The van der Waals surface area contributed by atoms with E-state index >= 15 is 0 Å². The Bertz CT molecular complexity index is 1960. The lowest BCUT2D eigenvalue weighted by atomic mass is 10.1. The van der Waals surface area contributed by atoms with Gasteiger partial charge in [0.15, 0.2) is 6.10 Å². The van der Waals surface area contributed by atoms with Gasteiger partial charge in [-0.3, -0.25) is 18.6 Å². The molecule has 1 N–H and O–H groups in total. The van der Waals surface area contributed by atoms with Crippen LogP contribution in [-0.2, 0) is 32.7 Å². The highest BCUT2D eigenvalue weighted by Gasteiger charge is 2.27. The van der Waals surface area contributed by atoms with E-state index in [4.69, 9.17) is 18.5 Å². The van der Waals surface area contributed by atoms with Crippen LogP contribution in [0.1, 0.15) is 271 Å². The molecule has 0 aromatic heterocycles. The van der Waals surface area contributed by atoms with Crippen molar-refractivity contribution in [3.05, 3.63) is 146 Å². The lowest BCUT2D eigenvalue weighted by molar-refractivity contribution is -0.870. The summed E-state index contributed by atoms with van der Waals surface area (Å²) in [5.74, 6) is -0.816. The molecule has 2 unspecified atom stereocenters. The van der Waals surface area contributed by atoms with E-state index < -0.39 is 26.5 Å². The summed E-state index contributed by atoms with van der Waals surface area (Å²) in [4.78, 5) is 35.8. The molecule has 0 radical (unpaired) electrons. The molecule has 0 spiro atoms. The molecule has 9 nitrogen and oxygen atoms in total. The van der Waals surface area contributed by atoms with Gasteiger partial charge in [0.05, 0.1) is 27.7 Å². The van der Waals surface area contributed by atoms with E-state index in [2.05, 4.69) is 160 Å². The molecule has 0 heterocycles. The molecule has 0 saturated heterocycles. The van der Waals surface area contributed by atoms with Gasteiger partial charge >= 0.3 is 19.8 Å². The largest absolute Gasteiger partial charge is 0.472 e. The Labute approximate surface area is 529 Å². The molecule has 0 aliphatic heterocycles. The zero-order valence-corrected chi connectivity index (χ0v) is 56.6. The van der Waals surface area contributed by atoms with Gasteiger partial charge in [0, 0.05) is 12.8 Å². The first-order chi connectivity index (χ1) is 42.0. The fraction of sp³-hybridized carbons (Fsp3) is 0.658. The normalized spacial score (nSPS) is 14.1. The van der Waals surface area contributed by atoms with Crippen molar-refractivity contribution in [3.63, 3.8) is 0 Å². The zero-order valence-electron chi connectivity index (χ0n) is 55.7. The minimum absolute atomic E-state index is 0.0227. The van der Waals surface area contributed by atoms with E-state index in [1.165, 1.54) is 122 Å². The van der Waals surface area contributed by atoms with Gasteiger partial charge < -0.3 is 18.9 Å². The number of esters is 2. The summed E-state index contributed by atoms with van der Waals surface area (Å²) in [6.45, 7) is 4.31. The number of carbonyl (C=O) groups excluding carboxylic acids is 2. The molecule has 490 valence electrons. The third-order valence-electron chi connectivity index (χ3n) is 14.4. The van der Waals surface area contributed by atoms with Gasteiger partial charge in [-0.15, -0.1) is 0 Å². The predicted octanol–water partition coefficient (Wildman–Crippen LogP) is 22.6. The molecule has 0 aliphatic carbocycles. The van der Waals surface area contributed by atoms with Crippen molar-refractivity contribution < 1.29 is 42.1 Å². The lowest BCUT2D eigenvalue weighted by Crippen LogP contribution is -2.37. The topological polar surface area (TPSA) is 108 Å². The van der Waals surface area contributed by atoms with Crippen molar-refractivity contribution in [1.29, 1.82) is 0 Å². The minimum atomic E-state index is -4.40. The third-order valence-corrected chi connectivity index (χ3v) is 15.3. The van der Waals surface area contributed by atoms with Gasteiger partial charge in [0.1, 0.15) is 19.8 Å². The van der Waals surface area contributed by atoms with Crippen LogP contribution in [0.4, 0.5) is 0 Å². The van der Waals surface area contributed by atoms with Crippen molar-refractivity contribution in [3.8, 4) is 0 Å². The second-order valence-corrected chi connectivity index (χ2v) is 25.3. The lowest BCUT2D eigenvalue weighted by Gasteiger charge is -2.24. The Morgan fingerprint density at radius 2 is 0.663 bits per heavy atom. The first-order valence-corrected chi connectivity index (χ1v) is 36.1. The molecular formula is C76H129NO8P+. The number of unbranched alkanes of at least 4 members (excludes halogenated alkanes) is 24. The summed E-state index contributed by atoms with van der Waals surface area (Å²) in [5.41, 5.74) is 0. The number of phosphoric acid groups is 1. The number of phosphoric ester groups is 1. The fourth-order valence-electron chi connectivity index (χ4n) is 9.07. The average molecular weight is 1220 g/mol. The summed E-state index contributed by atoms with van der Waals surface area (Å²) in [6, 6.07) is 0. The van der Waals surface area contributed by atoms with Crippen molar-refractivity contribution in [2.24, 2.45) is 0 Å². The number of rotatable bonds is 62. The highest BCUT2D eigenvalue weighted by Crippen LogP contribution is 2.43. The highest BCUT2D eigenvalue weighted by atomic mass is 31.2. The minimum Gasteiger partial charge on any atom is -0.462 e. The van der Waals surface area contributed by atoms with Crippen LogP contribution < -0.4 is 0 Å². The van der Waals surface area contributed by atoms with Crippen LogP contribution >= 0.6 is 7.82 Å². The predicted molar refractivity (Wildman–Crippen MR) is 371 cm³/mol. The molecule has 0 aromatic rings. The second kappa shape index (κ2) is 65.3. The van der Waals surface area contributed by atoms with Crippen LogP contribution in [0.15, 0.2) is 146 Å². The van der Waals surface area contributed by atoms with Crippen LogP contribution in [0, 0.1) is 0 Å². The number of allylic oxidation sites excluding steroid dienone is 24. The smallest absolute Gasteiger partial charge is 0.462 e. The van der Waals surface area contributed by atoms with Gasteiger partial charge in [-0.2, -0.15) is 0 Å². The molecule has 86 heavy (non-hydrogen) atoms. The summed E-state index contributed by atoms with van der Waals surface area (Å²) in [7, 11) is 1.46. The van der Waals surface area contributed by atoms with Crippen LogP contribution in [0.5, 0.6) is 0 Å². The molecule has 0 amide bonds. The van der Waals surface area contributed by atoms with Gasteiger partial charge in [0.25, 0.3) is 0 Å². The van der Waals surface area contributed by atoms with Crippen molar-refractivity contribution >= 4 is 19.8 Å². The first kappa shape index (κ1) is 81.9. The van der Waals surface area contributed by atoms with E-state index in [-0.39, 0.29) is 32.0 Å². The second-order valence-electron chi connectivity index (χ2n) is 23.8. The first-order valence-electron chi connectivity index (χ1n) is 34.6. The Kier molecular flexibility index (Phi) is 62.2. The molecule has 2 atom stereocenters. The van der Waals surface area contributed by atoms with Gasteiger partial charge in [-0.25, -0.2) is 4.57 Å². The maximum Gasteiger partial charge on any atom is 0.472 e. The Morgan fingerprint density at radius 3 is 1.00 bits per heavy atom. The number of nitrogens with zero attached hydrogens (tertiary/aromatic N) is 1. The molecule has 0 fully saturated rings. The van der Waals surface area contributed by atoms with Crippen LogP contribution in [-0.4, -0.2) is 74.9 Å². The molecule has 0 rings (SSSR count). The number of quaternary nitrogens is 1. The highest BCUT2D eigenvalue weighted by molar-refractivity contribution is 7.47. The van der Waals surface area contributed by atoms with Crippen molar-refractivity contribution in [2.45, 2.75) is 277 Å². The maximum absolute atomic E-state index is 12.9. The van der Waals surface area contributed by atoms with E-state index in [9.17, 15) is 19.0 Å². The van der Waals surface area contributed by atoms with Crippen LogP contribution in [0.25, 0.3) is 0 Å². The number of carbonyl (C=O) groups is 2. The maximum atomic E-state index is 12.9. The number of ether oxygens (including phenoxy) is 2. The summed E-state index contributed by atoms with van der Waals surface area (Å²) < 4.78 is 34.7. The Hall–Kier alpha value is -4.11. The third kappa shape index (κ3) is 69.0. The molecular weight excluding hydrogens is 1090 g/mol. The summed E-state index contributed by atoms with van der Waals surface area (Å²) >= 11 is 0. The van der Waals surface area contributed by atoms with E-state index in [1.807, 2.05) is 21.1 Å². The monoisotopic (exact) mass is 1210 g/mol. The van der Waals surface area contributed by atoms with Crippen molar-refractivity contribution in [2.75, 3.05) is 47.5 Å². The van der Waals surface area contributed by atoms with E-state index in [1.54, 1.807) is 0 Å². The summed E-state index contributed by atoms with van der Waals surface area (Å²) in [6.07, 6.45) is 96.5. The Balaban J connectivity index is 4.13. The number of hydrogen-bond donors (Lipinski definition) is 1. The Morgan fingerprint density at radius 1 is 0.372 bits per heavy atom. The zero-order chi connectivity index (χ0) is 62.6. The SMILES string of the molecule is CC/C=C\C/C=C\C/C=C\C/C=C\C/C=C\C/C=C\C/C=C\C/C=C\C/C=C\C/C=C\C/C=C\CCCCCCCCCC(=O)OC(COC(=O)CCCCCCCCCCC/C=C\CCCCCCCCCC)COP(=O)(O)OCC[N+](C)(C)C. The number of hydrogen-bond acceptors (Lipinski definition) is 7.